The van der Waals surface area contributed by atoms with Gasteiger partial charge < -0.3 is 15.3 Å². The molecule has 0 aliphatic heterocycles. The third kappa shape index (κ3) is 3.87. The lowest BCUT2D eigenvalue weighted by atomic mass is 10.1. The van der Waals surface area contributed by atoms with Gasteiger partial charge in [-0.25, -0.2) is 4.79 Å². The van der Waals surface area contributed by atoms with Crippen molar-refractivity contribution in [2.45, 2.75) is 32.0 Å². The van der Waals surface area contributed by atoms with Crippen molar-refractivity contribution >= 4 is 11.7 Å². The molecule has 21 heavy (non-hydrogen) atoms. The first-order valence-corrected chi connectivity index (χ1v) is 6.69. The van der Waals surface area contributed by atoms with Crippen LogP contribution in [0.3, 0.4) is 0 Å². The second-order valence-corrected chi connectivity index (χ2v) is 5.11. The van der Waals surface area contributed by atoms with Crippen LogP contribution in [0.5, 0.6) is 0 Å². The number of aliphatic hydroxyl groups is 1. The topological polar surface area (TPSA) is 52.6 Å². The number of carbonyl (C=O) groups excluding carboxylic acids is 1. The summed E-state index contributed by atoms with van der Waals surface area (Å²) in [4.78, 5) is 13.5. The summed E-state index contributed by atoms with van der Waals surface area (Å²) >= 11 is 0. The van der Waals surface area contributed by atoms with Crippen LogP contribution in [0.4, 0.5) is 23.7 Å². The van der Waals surface area contributed by atoms with E-state index in [1.165, 1.54) is 24.0 Å². The Labute approximate surface area is 120 Å². The van der Waals surface area contributed by atoms with Gasteiger partial charge in [0.25, 0.3) is 0 Å². The fourth-order valence-corrected chi connectivity index (χ4v) is 2.14. The van der Waals surface area contributed by atoms with E-state index < -0.39 is 17.8 Å². The van der Waals surface area contributed by atoms with E-state index in [1.54, 1.807) is 0 Å². The quantitative estimate of drug-likeness (QED) is 0.898. The van der Waals surface area contributed by atoms with E-state index in [2.05, 4.69) is 5.32 Å². The minimum atomic E-state index is -4.45. The molecule has 116 valence electrons. The van der Waals surface area contributed by atoms with Gasteiger partial charge in [-0.2, -0.15) is 13.2 Å². The highest BCUT2D eigenvalue weighted by molar-refractivity contribution is 5.90. The summed E-state index contributed by atoms with van der Waals surface area (Å²) < 4.78 is 38.5. The molecule has 7 heteroatoms. The van der Waals surface area contributed by atoms with Crippen molar-refractivity contribution in [1.82, 2.24) is 4.90 Å². The molecule has 0 bridgehead atoms. The van der Waals surface area contributed by atoms with Gasteiger partial charge in [-0.1, -0.05) is 6.07 Å². The Morgan fingerprint density at radius 3 is 2.62 bits per heavy atom. The SMILES string of the molecule is Cc1ccc(NC(=O)N(CCO)C2CC2)cc1C(F)(F)F. The molecule has 0 aromatic heterocycles. The summed E-state index contributed by atoms with van der Waals surface area (Å²) in [5.74, 6) is 0. The van der Waals surface area contributed by atoms with Crippen molar-refractivity contribution < 1.29 is 23.1 Å². The fraction of sp³-hybridized carbons (Fsp3) is 0.500. The van der Waals surface area contributed by atoms with Crippen LogP contribution >= 0.6 is 0 Å². The average Bonchev–Trinajstić information content (AvgIpc) is 3.21. The molecule has 2 N–H and O–H groups in total. The van der Waals surface area contributed by atoms with Crippen LogP contribution in [0.25, 0.3) is 0 Å². The van der Waals surface area contributed by atoms with Crippen LogP contribution < -0.4 is 5.32 Å². The predicted octanol–water partition coefficient (Wildman–Crippen LogP) is 3.00. The maximum Gasteiger partial charge on any atom is 0.416 e. The van der Waals surface area contributed by atoms with Gasteiger partial charge in [0.15, 0.2) is 0 Å². The highest BCUT2D eigenvalue weighted by Gasteiger charge is 2.34. The molecule has 0 unspecified atom stereocenters. The zero-order valence-corrected chi connectivity index (χ0v) is 11.6. The Bertz CT molecular complexity index is 527. The molecule has 0 radical (unpaired) electrons. The van der Waals surface area contributed by atoms with Crippen LogP contribution in [0.2, 0.25) is 0 Å². The molecule has 1 aliphatic carbocycles. The lowest BCUT2D eigenvalue weighted by Crippen LogP contribution is -2.38. The molecule has 2 rings (SSSR count). The van der Waals surface area contributed by atoms with E-state index in [0.717, 1.165) is 18.9 Å². The monoisotopic (exact) mass is 302 g/mol. The van der Waals surface area contributed by atoms with Crippen molar-refractivity contribution in [2.75, 3.05) is 18.5 Å². The van der Waals surface area contributed by atoms with Gasteiger partial charge in [-0.05, 0) is 37.5 Å². The van der Waals surface area contributed by atoms with Crippen molar-refractivity contribution in [3.8, 4) is 0 Å². The first kappa shape index (κ1) is 15.6. The maximum atomic E-state index is 12.8. The maximum absolute atomic E-state index is 12.8. The van der Waals surface area contributed by atoms with Gasteiger partial charge in [-0.3, -0.25) is 0 Å². The average molecular weight is 302 g/mol. The van der Waals surface area contributed by atoms with Gasteiger partial charge >= 0.3 is 12.2 Å². The number of anilines is 1. The standard InChI is InChI=1S/C14H17F3N2O2/c1-9-2-3-10(8-12(9)14(15,16)17)18-13(21)19(6-7-20)11-4-5-11/h2-3,8,11,20H,4-7H2,1H3,(H,18,21). The molecule has 0 spiro atoms. The van der Waals surface area contributed by atoms with Crippen LogP contribution in [0.1, 0.15) is 24.0 Å². The number of alkyl halides is 3. The molecule has 1 aliphatic rings. The first-order valence-electron chi connectivity index (χ1n) is 6.69. The Morgan fingerprint density at radius 1 is 1.43 bits per heavy atom. The molecule has 0 saturated heterocycles. The number of benzene rings is 1. The summed E-state index contributed by atoms with van der Waals surface area (Å²) in [5.41, 5.74) is -0.558. The van der Waals surface area contributed by atoms with Gasteiger partial charge in [0.2, 0.25) is 0 Å². The number of aryl methyl sites for hydroxylation is 1. The second-order valence-electron chi connectivity index (χ2n) is 5.11. The highest BCUT2D eigenvalue weighted by Crippen LogP contribution is 2.33. The van der Waals surface area contributed by atoms with Crippen LogP contribution in [0.15, 0.2) is 18.2 Å². The Morgan fingerprint density at radius 2 is 2.10 bits per heavy atom. The predicted molar refractivity (Wildman–Crippen MR) is 72.0 cm³/mol. The van der Waals surface area contributed by atoms with E-state index in [4.69, 9.17) is 5.11 Å². The molecule has 1 aromatic carbocycles. The van der Waals surface area contributed by atoms with E-state index in [-0.39, 0.29) is 30.4 Å². The van der Waals surface area contributed by atoms with Crippen LogP contribution in [-0.4, -0.2) is 35.2 Å². The van der Waals surface area contributed by atoms with Crippen LogP contribution in [0, 0.1) is 6.92 Å². The third-order valence-corrected chi connectivity index (χ3v) is 3.38. The Kier molecular flexibility index (Phi) is 4.41. The largest absolute Gasteiger partial charge is 0.416 e. The highest BCUT2D eigenvalue weighted by atomic mass is 19.4. The number of aliphatic hydroxyl groups excluding tert-OH is 1. The van der Waals surface area contributed by atoms with Crippen LogP contribution in [-0.2, 0) is 6.18 Å². The Balaban J connectivity index is 2.13. The summed E-state index contributed by atoms with van der Waals surface area (Å²) in [6.07, 6.45) is -2.74. The molecule has 2 amide bonds. The van der Waals surface area contributed by atoms with E-state index >= 15 is 0 Å². The number of nitrogens with one attached hydrogen (secondary N) is 1. The Hall–Kier alpha value is -1.76. The van der Waals surface area contributed by atoms with Crippen molar-refractivity contribution in [2.24, 2.45) is 0 Å². The molecular formula is C14H17F3N2O2. The number of carbonyl (C=O) groups is 1. The number of nitrogens with zero attached hydrogens (tertiary/aromatic N) is 1. The summed E-state index contributed by atoms with van der Waals surface area (Å²) in [6.45, 7) is 1.37. The fourth-order valence-electron chi connectivity index (χ4n) is 2.14. The lowest BCUT2D eigenvalue weighted by molar-refractivity contribution is -0.138. The van der Waals surface area contributed by atoms with Crippen molar-refractivity contribution in [3.63, 3.8) is 0 Å². The van der Waals surface area contributed by atoms with Gasteiger partial charge in [0.1, 0.15) is 0 Å². The number of hydrogen-bond donors (Lipinski definition) is 2. The summed E-state index contributed by atoms with van der Waals surface area (Å²) in [5, 5.41) is 11.4. The van der Waals surface area contributed by atoms with Gasteiger partial charge in [0.05, 0.1) is 12.2 Å². The van der Waals surface area contributed by atoms with Crippen molar-refractivity contribution in [1.29, 1.82) is 0 Å². The molecule has 1 aromatic rings. The summed E-state index contributed by atoms with van der Waals surface area (Å²) in [6, 6.07) is 3.28. The number of amides is 2. The van der Waals surface area contributed by atoms with E-state index in [1.807, 2.05) is 0 Å². The minimum absolute atomic E-state index is 0.0738. The van der Waals surface area contributed by atoms with E-state index in [0.29, 0.717) is 0 Å². The number of hydrogen-bond acceptors (Lipinski definition) is 2. The smallest absolute Gasteiger partial charge is 0.395 e. The summed E-state index contributed by atoms with van der Waals surface area (Å²) in [7, 11) is 0. The molecule has 0 heterocycles. The van der Waals surface area contributed by atoms with Crippen molar-refractivity contribution in [3.05, 3.63) is 29.3 Å². The molecule has 0 atom stereocenters. The zero-order chi connectivity index (χ0) is 15.6. The van der Waals surface area contributed by atoms with Gasteiger partial charge in [0, 0.05) is 18.3 Å². The third-order valence-electron chi connectivity index (χ3n) is 3.38. The number of urea groups is 1. The number of rotatable bonds is 4. The normalized spacial score (nSPS) is 14.9. The number of halogens is 3. The molecule has 4 nitrogen and oxygen atoms in total. The molecular weight excluding hydrogens is 285 g/mol. The van der Waals surface area contributed by atoms with E-state index in [9.17, 15) is 18.0 Å². The minimum Gasteiger partial charge on any atom is -0.395 e. The molecule has 1 fully saturated rings. The van der Waals surface area contributed by atoms with Gasteiger partial charge in [-0.15, -0.1) is 0 Å². The first-order chi connectivity index (χ1) is 9.82. The second kappa shape index (κ2) is 5.93. The molecule has 1 saturated carbocycles. The lowest BCUT2D eigenvalue weighted by Gasteiger charge is -2.22. The zero-order valence-electron chi connectivity index (χ0n) is 11.6.